The maximum Gasteiger partial charge on any atom is 0.254 e. The molecule has 7 nitrogen and oxygen atoms in total. The molecule has 0 unspecified atom stereocenters. The van der Waals surface area contributed by atoms with Crippen molar-refractivity contribution in [3.8, 4) is 11.3 Å². The van der Waals surface area contributed by atoms with Crippen LogP contribution in [-0.4, -0.2) is 41.1 Å². The predicted molar refractivity (Wildman–Crippen MR) is 164 cm³/mol. The molecule has 2 aliphatic rings. The monoisotopic (exact) mass is 583 g/mol. The van der Waals surface area contributed by atoms with E-state index in [-0.39, 0.29) is 40.1 Å². The number of benzene rings is 2. The number of nitrogens with two attached hydrogens (primary N) is 1. The van der Waals surface area contributed by atoms with Crippen LogP contribution >= 0.6 is 0 Å². The first-order valence-electron chi connectivity index (χ1n) is 14.8. The average Bonchev–Trinajstić information content (AvgIpc) is 3.54. The van der Waals surface area contributed by atoms with E-state index in [1.54, 1.807) is 18.2 Å². The van der Waals surface area contributed by atoms with E-state index in [4.69, 9.17) is 5.73 Å². The van der Waals surface area contributed by atoms with Gasteiger partial charge in [0.1, 0.15) is 11.3 Å². The number of pyridine rings is 1. The predicted octanol–water partition coefficient (Wildman–Crippen LogP) is 5.86. The van der Waals surface area contributed by atoms with Crippen LogP contribution in [0.15, 0.2) is 60.7 Å². The second-order valence-corrected chi connectivity index (χ2v) is 11.5. The largest absolute Gasteiger partial charge is 0.371 e. The van der Waals surface area contributed by atoms with Gasteiger partial charge in [-0.1, -0.05) is 30.3 Å². The van der Waals surface area contributed by atoms with Gasteiger partial charge in [0.25, 0.3) is 5.91 Å². The Morgan fingerprint density at radius 2 is 1.86 bits per heavy atom. The third kappa shape index (κ3) is 5.63. The Bertz CT molecular complexity index is 1760. The fourth-order valence-corrected chi connectivity index (χ4v) is 5.93. The Labute approximate surface area is 249 Å². The van der Waals surface area contributed by atoms with Gasteiger partial charge in [-0.05, 0) is 86.6 Å². The van der Waals surface area contributed by atoms with Crippen LogP contribution in [0.5, 0.6) is 0 Å². The van der Waals surface area contributed by atoms with E-state index in [0.717, 1.165) is 35.2 Å². The first kappa shape index (κ1) is 28.6. The Morgan fingerprint density at radius 3 is 2.56 bits per heavy atom. The number of nitrogens with one attached hydrogen (secondary N) is 1. The first-order chi connectivity index (χ1) is 20.7. The van der Waals surface area contributed by atoms with E-state index in [2.05, 4.69) is 29.5 Å². The minimum absolute atomic E-state index is 0.0346. The zero-order chi connectivity index (χ0) is 30.2. The molecule has 2 amide bonds. The number of carbonyl (C=O) groups is 2. The van der Waals surface area contributed by atoms with Crippen LogP contribution in [0.4, 0.5) is 14.5 Å². The number of fused-ring (bicyclic) bond motifs is 1. The minimum atomic E-state index is -0.683. The van der Waals surface area contributed by atoms with E-state index in [1.165, 1.54) is 16.6 Å². The van der Waals surface area contributed by atoms with Crippen molar-refractivity contribution in [3.63, 3.8) is 0 Å². The number of allylic oxidation sites excluding steroid dienone is 2. The molecule has 1 aliphatic carbocycles. The number of carbonyl (C=O) groups excluding carboxylic acids is 2. The number of nitrogens with zero attached hydrogens (tertiary/aromatic N) is 3. The molecule has 43 heavy (non-hydrogen) atoms. The Kier molecular flexibility index (Phi) is 7.73. The van der Waals surface area contributed by atoms with Crippen molar-refractivity contribution in [3.05, 3.63) is 94.7 Å². The molecule has 0 spiro atoms. The second kappa shape index (κ2) is 11.6. The lowest BCUT2D eigenvalue weighted by Gasteiger charge is -2.18. The molecular formula is C34H35F2N5O2. The molecule has 0 radical (unpaired) electrons. The van der Waals surface area contributed by atoms with Gasteiger partial charge >= 0.3 is 0 Å². The van der Waals surface area contributed by atoms with Crippen LogP contribution in [0.25, 0.3) is 22.3 Å². The standard InChI is InChI=1S/C34H35F2N5O2/c1-3-20(2)25-7-5-4-6-21(25)12-14-38-34(43)27-17-30(22-8-9-22)41-31(32(27)36)18-29(39-41)26-11-10-24(16-28(26)35)40-15-13-23(19-40)33(37)42/h3-7,10-11,16-18,22-23H,8-9,12-15,19H2,1-2H3,(H2,37,42)(H,38,43)/b20-3-/t23-/m0/s1. The van der Waals surface area contributed by atoms with Gasteiger partial charge in [0, 0.05) is 42.5 Å². The summed E-state index contributed by atoms with van der Waals surface area (Å²) in [5, 5.41) is 7.48. The highest BCUT2D eigenvalue weighted by Gasteiger charge is 2.31. The van der Waals surface area contributed by atoms with Gasteiger partial charge < -0.3 is 16.0 Å². The minimum Gasteiger partial charge on any atom is -0.371 e. The van der Waals surface area contributed by atoms with Crippen LogP contribution < -0.4 is 16.0 Å². The maximum atomic E-state index is 15.9. The molecular weight excluding hydrogens is 548 g/mol. The van der Waals surface area contributed by atoms with Gasteiger partial charge in [-0.2, -0.15) is 5.10 Å². The molecule has 2 aromatic heterocycles. The second-order valence-electron chi connectivity index (χ2n) is 11.5. The molecule has 1 saturated carbocycles. The summed E-state index contributed by atoms with van der Waals surface area (Å²) in [6.45, 7) is 5.46. The highest BCUT2D eigenvalue weighted by molar-refractivity contribution is 5.96. The lowest BCUT2D eigenvalue weighted by atomic mass is 9.98. The molecule has 1 saturated heterocycles. The molecule has 2 fully saturated rings. The molecule has 3 N–H and O–H groups in total. The summed E-state index contributed by atoms with van der Waals surface area (Å²) in [6.07, 6.45) is 5.13. The lowest BCUT2D eigenvalue weighted by molar-refractivity contribution is -0.121. The number of rotatable bonds is 9. The molecule has 3 heterocycles. The van der Waals surface area contributed by atoms with Gasteiger partial charge in [0.15, 0.2) is 5.82 Å². The quantitative estimate of drug-likeness (QED) is 0.258. The zero-order valence-electron chi connectivity index (χ0n) is 24.4. The number of hydrogen-bond acceptors (Lipinski definition) is 4. The van der Waals surface area contributed by atoms with Gasteiger partial charge in [-0.15, -0.1) is 0 Å². The number of anilines is 1. The van der Waals surface area contributed by atoms with Crippen molar-refractivity contribution in [2.75, 3.05) is 24.5 Å². The Balaban J connectivity index is 1.25. The fourth-order valence-electron chi connectivity index (χ4n) is 5.93. The van der Waals surface area contributed by atoms with Crippen LogP contribution in [-0.2, 0) is 11.2 Å². The van der Waals surface area contributed by atoms with Crippen LogP contribution in [0, 0.1) is 17.6 Å². The highest BCUT2D eigenvalue weighted by Crippen LogP contribution is 2.41. The third-order valence-corrected chi connectivity index (χ3v) is 8.69. The number of halogens is 2. The summed E-state index contributed by atoms with van der Waals surface area (Å²) >= 11 is 0. The topological polar surface area (TPSA) is 92.7 Å². The molecule has 1 aliphatic heterocycles. The van der Waals surface area contributed by atoms with E-state index < -0.39 is 17.5 Å². The van der Waals surface area contributed by atoms with Gasteiger partial charge in [-0.3, -0.25) is 9.59 Å². The molecule has 6 rings (SSSR count). The van der Waals surface area contributed by atoms with E-state index in [9.17, 15) is 9.59 Å². The highest BCUT2D eigenvalue weighted by atomic mass is 19.1. The molecule has 9 heteroatoms. The summed E-state index contributed by atoms with van der Waals surface area (Å²) in [5.74, 6) is -2.11. The zero-order valence-corrected chi connectivity index (χ0v) is 24.4. The maximum absolute atomic E-state index is 15.9. The van der Waals surface area contributed by atoms with E-state index in [0.29, 0.717) is 38.2 Å². The van der Waals surface area contributed by atoms with Gasteiger partial charge in [0.2, 0.25) is 5.91 Å². The fraction of sp³-hybridized carbons (Fsp3) is 0.324. The summed E-state index contributed by atoms with van der Waals surface area (Å²) in [5.41, 5.74) is 10.9. The molecule has 4 aromatic rings. The average molecular weight is 584 g/mol. The molecule has 222 valence electrons. The smallest absolute Gasteiger partial charge is 0.254 e. The van der Waals surface area contributed by atoms with Crippen molar-refractivity contribution in [1.82, 2.24) is 14.9 Å². The summed E-state index contributed by atoms with van der Waals surface area (Å²) in [6, 6.07) is 16.0. The van der Waals surface area contributed by atoms with E-state index in [1.807, 2.05) is 30.0 Å². The normalized spacial score (nSPS) is 17.1. The molecule has 1 atom stereocenters. The molecule has 0 bridgehead atoms. The number of primary amides is 1. The van der Waals surface area contributed by atoms with Gasteiger partial charge in [-0.25, -0.2) is 13.3 Å². The van der Waals surface area contributed by atoms with Crippen LogP contribution in [0.2, 0.25) is 0 Å². The summed E-state index contributed by atoms with van der Waals surface area (Å²) in [4.78, 5) is 26.7. The first-order valence-corrected chi connectivity index (χ1v) is 14.8. The number of aromatic nitrogens is 2. The molecule has 2 aromatic carbocycles. The Morgan fingerprint density at radius 1 is 1.07 bits per heavy atom. The lowest BCUT2D eigenvalue weighted by Crippen LogP contribution is -2.27. The van der Waals surface area contributed by atoms with E-state index >= 15 is 8.78 Å². The number of amides is 2. The summed E-state index contributed by atoms with van der Waals surface area (Å²) in [7, 11) is 0. The van der Waals surface area contributed by atoms with Crippen molar-refractivity contribution in [2.24, 2.45) is 11.7 Å². The van der Waals surface area contributed by atoms with Crippen LogP contribution in [0.1, 0.15) is 66.2 Å². The third-order valence-electron chi connectivity index (χ3n) is 8.69. The van der Waals surface area contributed by atoms with Crippen molar-refractivity contribution in [2.45, 2.75) is 45.4 Å². The van der Waals surface area contributed by atoms with Crippen molar-refractivity contribution < 1.29 is 18.4 Å². The van der Waals surface area contributed by atoms with Gasteiger partial charge in [0.05, 0.1) is 17.2 Å². The Hall–Kier alpha value is -4.53. The van der Waals surface area contributed by atoms with Crippen molar-refractivity contribution >= 4 is 28.6 Å². The van der Waals surface area contributed by atoms with Crippen LogP contribution in [0.3, 0.4) is 0 Å². The van der Waals surface area contributed by atoms with Crippen molar-refractivity contribution in [1.29, 1.82) is 0 Å². The number of hydrogen-bond donors (Lipinski definition) is 2. The summed E-state index contributed by atoms with van der Waals surface area (Å²) < 4.78 is 32.8. The SMILES string of the molecule is C/C=C(/C)c1ccccc1CCNC(=O)c1cc(C2CC2)n2nc(-c3ccc(N4CC[C@H](C(N)=O)C4)cc3F)cc2c1F.